The zero-order valence-corrected chi connectivity index (χ0v) is 16.8. The number of ketones is 1. The molecule has 0 aliphatic rings. The van der Waals surface area contributed by atoms with Gasteiger partial charge in [0.25, 0.3) is 5.69 Å². The molecule has 0 atom stereocenters. The van der Waals surface area contributed by atoms with Crippen LogP contribution in [0.4, 0.5) is 11.4 Å². The number of nitro groups is 1. The van der Waals surface area contributed by atoms with Gasteiger partial charge in [0.1, 0.15) is 17.2 Å². The zero-order valence-electron chi connectivity index (χ0n) is 16.8. The standard InChI is InChI=1S/C20H22N2O8/c1-27-9-8-21-16-7-4-13(10-17(16)22(25)26)20(24)30-12-18(23)15-6-5-14(28-2)11-19(15)29-3/h4-7,10-11,21H,8-9,12H2,1-3H3. The van der Waals surface area contributed by atoms with E-state index in [1.807, 2.05) is 0 Å². The Kier molecular flexibility index (Phi) is 8.12. The minimum absolute atomic E-state index is 0.0477. The van der Waals surface area contributed by atoms with Gasteiger partial charge in [-0.1, -0.05) is 0 Å². The van der Waals surface area contributed by atoms with Crippen LogP contribution in [0.15, 0.2) is 36.4 Å². The van der Waals surface area contributed by atoms with Gasteiger partial charge >= 0.3 is 5.97 Å². The van der Waals surface area contributed by atoms with E-state index in [2.05, 4.69) is 5.32 Å². The summed E-state index contributed by atoms with van der Waals surface area (Å²) in [5, 5.41) is 14.2. The number of carbonyl (C=O) groups excluding carboxylic acids is 2. The number of anilines is 1. The summed E-state index contributed by atoms with van der Waals surface area (Å²) in [5.74, 6) is -0.568. The Bertz CT molecular complexity index is 929. The molecular weight excluding hydrogens is 396 g/mol. The summed E-state index contributed by atoms with van der Waals surface area (Å²) in [5.41, 5.74) is 0.125. The van der Waals surface area contributed by atoms with Gasteiger partial charge < -0.3 is 24.3 Å². The van der Waals surface area contributed by atoms with Crippen LogP contribution >= 0.6 is 0 Å². The van der Waals surface area contributed by atoms with Gasteiger partial charge in [-0.3, -0.25) is 14.9 Å². The van der Waals surface area contributed by atoms with Crippen LogP contribution in [0.1, 0.15) is 20.7 Å². The molecule has 0 aliphatic heterocycles. The molecule has 10 nitrogen and oxygen atoms in total. The van der Waals surface area contributed by atoms with Gasteiger partial charge in [-0.05, 0) is 24.3 Å². The third-order valence-electron chi connectivity index (χ3n) is 4.10. The zero-order chi connectivity index (χ0) is 22.1. The lowest BCUT2D eigenvalue weighted by Gasteiger charge is -2.10. The second-order valence-corrected chi connectivity index (χ2v) is 5.97. The van der Waals surface area contributed by atoms with Crippen molar-refractivity contribution in [2.45, 2.75) is 0 Å². The monoisotopic (exact) mass is 418 g/mol. The molecule has 2 rings (SSSR count). The summed E-state index contributed by atoms with van der Waals surface area (Å²) in [4.78, 5) is 35.4. The summed E-state index contributed by atoms with van der Waals surface area (Å²) in [6.45, 7) is 0.167. The molecular formula is C20H22N2O8. The number of nitrogens with zero attached hydrogens (tertiary/aromatic N) is 1. The average molecular weight is 418 g/mol. The van der Waals surface area contributed by atoms with E-state index in [1.54, 1.807) is 6.07 Å². The molecule has 1 N–H and O–H groups in total. The van der Waals surface area contributed by atoms with E-state index in [0.29, 0.717) is 18.9 Å². The number of ether oxygens (including phenoxy) is 4. The van der Waals surface area contributed by atoms with Crippen molar-refractivity contribution in [1.82, 2.24) is 0 Å². The normalized spacial score (nSPS) is 10.2. The molecule has 0 saturated heterocycles. The maximum Gasteiger partial charge on any atom is 0.338 e. The summed E-state index contributed by atoms with van der Waals surface area (Å²) >= 11 is 0. The summed E-state index contributed by atoms with van der Waals surface area (Å²) in [6.07, 6.45) is 0. The van der Waals surface area contributed by atoms with Crippen molar-refractivity contribution >= 4 is 23.1 Å². The third-order valence-corrected chi connectivity index (χ3v) is 4.10. The van der Waals surface area contributed by atoms with Gasteiger partial charge in [0, 0.05) is 25.8 Å². The summed E-state index contributed by atoms with van der Waals surface area (Å²) in [6, 6.07) is 8.49. The number of Topliss-reactive ketones (excluding diaryl/α,β-unsaturated/α-hetero) is 1. The van der Waals surface area contributed by atoms with Crippen LogP contribution in [0.25, 0.3) is 0 Å². The lowest BCUT2D eigenvalue weighted by Crippen LogP contribution is -2.15. The van der Waals surface area contributed by atoms with Crippen LogP contribution in [0.3, 0.4) is 0 Å². The van der Waals surface area contributed by atoms with E-state index in [0.717, 1.165) is 6.07 Å². The second-order valence-electron chi connectivity index (χ2n) is 5.97. The number of carbonyl (C=O) groups is 2. The van der Waals surface area contributed by atoms with E-state index in [-0.39, 0.29) is 28.3 Å². The quantitative estimate of drug-likeness (QED) is 0.193. The van der Waals surface area contributed by atoms with E-state index >= 15 is 0 Å². The number of nitrogens with one attached hydrogen (secondary N) is 1. The second kappa shape index (κ2) is 10.8. The van der Waals surface area contributed by atoms with Gasteiger partial charge in [-0.2, -0.15) is 0 Å². The molecule has 10 heteroatoms. The van der Waals surface area contributed by atoms with Gasteiger partial charge in [0.2, 0.25) is 5.78 Å². The fourth-order valence-electron chi connectivity index (χ4n) is 2.57. The number of benzene rings is 2. The van der Waals surface area contributed by atoms with E-state index in [1.165, 1.54) is 45.6 Å². The Morgan fingerprint density at radius 3 is 2.47 bits per heavy atom. The number of esters is 1. The maximum atomic E-state index is 12.4. The van der Waals surface area contributed by atoms with E-state index in [4.69, 9.17) is 18.9 Å². The summed E-state index contributed by atoms with van der Waals surface area (Å²) in [7, 11) is 4.40. The number of nitro benzene ring substituents is 1. The first kappa shape index (κ1) is 22.6. The van der Waals surface area contributed by atoms with E-state index in [9.17, 15) is 19.7 Å². The first-order valence-corrected chi connectivity index (χ1v) is 8.84. The van der Waals surface area contributed by atoms with Crippen LogP contribution in [-0.4, -0.2) is 57.8 Å². The van der Waals surface area contributed by atoms with Gasteiger partial charge in [-0.25, -0.2) is 4.79 Å². The molecule has 0 aromatic heterocycles. The molecule has 2 aromatic carbocycles. The van der Waals surface area contributed by atoms with Crippen molar-refractivity contribution in [1.29, 1.82) is 0 Å². The van der Waals surface area contributed by atoms with Crippen LogP contribution in [0.5, 0.6) is 11.5 Å². The molecule has 0 heterocycles. The first-order chi connectivity index (χ1) is 14.4. The van der Waals surface area contributed by atoms with Crippen molar-refractivity contribution in [3.05, 3.63) is 57.6 Å². The number of methoxy groups -OCH3 is 3. The van der Waals surface area contributed by atoms with Crippen molar-refractivity contribution in [2.75, 3.05) is 46.4 Å². The maximum absolute atomic E-state index is 12.4. The molecule has 2 aromatic rings. The highest BCUT2D eigenvalue weighted by Crippen LogP contribution is 2.27. The van der Waals surface area contributed by atoms with Gasteiger partial charge in [0.05, 0.1) is 36.9 Å². The molecule has 160 valence electrons. The topological polar surface area (TPSA) is 126 Å². The van der Waals surface area contributed by atoms with Crippen LogP contribution in [0.2, 0.25) is 0 Å². The molecule has 0 radical (unpaired) electrons. The predicted octanol–water partition coefficient (Wildman–Crippen LogP) is 2.71. The molecule has 0 fully saturated rings. The number of hydrogen-bond acceptors (Lipinski definition) is 9. The lowest BCUT2D eigenvalue weighted by molar-refractivity contribution is -0.384. The van der Waals surface area contributed by atoms with Crippen LogP contribution in [-0.2, 0) is 9.47 Å². The van der Waals surface area contributed by atoms with Crippen LogP contribution < -0.4 is 14.8 Å². The SMILES string of the molecule is COCCNc1ccc(C(=O)OCC(=O)c2ccc(OC)cc2OC)cc1[N+](=O)[O-]. The van der Waals surface area contributed by atoms with Crippen LogP contribution in [0, 0.1) is 10.1 Å². The lowest BCUT2D eigenvalue weighted by atomic mass is 10.1. The Morgan fingerprint density at radius 1 is 1.07 bits per heavy atom. The van der Waals surface area contributed by atoms with Gasteiger partial charge in [-0.15, -0.1) is 0 Å². The fraction of sp³-hybridized carbons (Fsp3) is 0.300. The van der Waals surface area contributed by atoms with Gasteiger partial charge in [0.15, 0.2) is 6.61 Å². The minimum atomic E-state index is -0.859. The number of hydrogen-bond donors (Lipinski definition) is 1. The Morgan fingerprint density at radius 2 is 1.83 bits per heavy atom. The molecule has 0 aliphatic carbocycles. The Hall–Kier alpha value is -3.66. The van der Waals surface area contributed by atoms with Crippen molar-refractivity contribution in [3.8, 4) is 11.5 Å². The largest absolute Gasteiger partial charge is 0.497 e. The van der Waals surface area contributed by atoms with Crippen molar-refractivity contribution in [2.24, 2.45) is 0 Å². The molecule has 0 saturated carbocycles. The molecule has 0 bridgehead atoms. The highest BCUT2D eigenvalue weighted by molar-refractivity contribution is 6.01. The minimum Gasteiger partial charge on any atom is -0.497 e. The average Bonchev–Trinajstić information content (AvgIpc) is 2.76. The molecule has 0 amide bonds. The summed E-state index contributed by atoms with van der Waals surface area (Å²) < 4.78 is 20.2. The first-order valence-electron chi connectivity index (χ1n) is 8.84. The predicted molar refractivity (Wildman–Crippen MR) is 108 cm³/mol. The van der Waals surface area contributed by atoms with E-state index < -0.39 is 23.3 Å². The Balaban J connectivity index is 2.09. The highest BCUT2D eigenvalue weighted by atomic mass is 16.6. The molecule has 0 spiro atoms. The fourth-order valence-corrected chi connectivity index (χ4v) is 2.57. The third kappa shape index (κ3) is 5.67. The molecule has 0 unspecified atom stereocenters. The van der Waals surface area contributed by atoms with Crippen molar-refractivity contribution in [3.63, 3.8) is 0 Å². The van der Waals surface area contributed by atoms with Crippen molar-refractivity contribution < 1.29 is 33.5 Å². The number of rotatable bonds is 11. The smallest absolute Gasteiger partial charge is 0.338 e. The molecule has 30 heavy (non-hydrogen) atoms. The highest BCUT2D eigenvalue weighted by Gasteiger charge is 2.20. The Labute approximate surface area is 172 Å².